The molecule has 2 N–H and O–H groups in total. The monoisotopic (exact) mass is 395 g/mol. The van der Waals surface area contributed by atoms with Crippen molar-refractivity contribution in [3.63, 3.8) is 0 Å². The van der Waals surface area contributed by atoms with Crippen LogP contribution < -0.4 is 10.1 Å². The van der Waals surface area contributed by atoms with Crippen molar-refractivity contribution in [3.8, 4) is 5.75 Å². The maximum Gasteiger partial charge on any atom is 0.307 e. The van der Waals surface area contributed by atoms with E-state index in [1.165, 1.54) is 5.56 Å². The topological polar surface area (TPSA) is 75.6 Å². The molecule has 1 aliphatic rings. The van der Waals surface area contributed by atoms with Crippen molar-refractivity contribution in [1.29, 1.82) is 0 Å². The van der Waals surface area contributed by atoms with Gasteiger partial charge in [-0.1, -0.05) is 55.3 Å². The second-order valence-corrected chi connectivity index (χ2v) is 7.64. The fourth-order valence-corrected chi connectivity index (χ4v) is 3.92. The molecule has 5 nitrogen and oxygen atoms in total. The van der Waals surface area contributed by atoms with Crippen LogP contribution in [0.25, 0.3) is 0 Å². The third kappa shape index (κ3) is 6.34. The molecule has 2 aromatic carbocycles. The summed E-state index contributed by atoms with van der Waals surface area (Å²) < 4.78 is 5.85. The van der Waals surface area contributed by atoms with Gasteiger partial charge in [-0.15, -0.1) is 0 Å². The van der Waals surface area contributed by atoms with E-state index in [1.807, 2.05) is 42.5 Å². The predicted molar refractivity (Wildman–Crippen MR) is 112 cm³/mol. The average molecular weight is 395 g/mol. The van der Waals surface area contributed by atoms with Crippen LogP contribution in [0.5, 0.6) is 5.75 Å². The molecule has 1 amide bonds. The number of carbonyl (C=O) groups excluding carboxylic acids is 1. The molecule has 1 aliphatic carbocycles. The lowest BCUT2D eigenvalue weighted by Crippen LogP contribution is -2.39. The molecule has 0 radical (unpaired) electrons. The van der Waals surface area contributed by atoms with E-state index in [-0.39, 0.29) is 5.91 Å². The summed E-state index contributed by atoms with van der Waals surface area (Å²) in [6, 6.07) is 18.0. The van der Waals surface area contributed by atoms with E-state index in [9.17, 15) is 14.7 Å². The lowest BCUT2D eigenvalue weighted by atomic mass is 9.78. The minimum atomic E-state index is -0.865. The predicted octanol–water partition coefficient (Wildman–Crippen LogP) is 4.21. The molecular formula is C24H29NO4. The first-order chi connectivity index (χ1) is 14.1. The highest BCUT2D eigenvalue weighted by Crippen LogP contribution is 2.30. The van der Waals surface area contributed by atoms with Gasteiger partial charge in [-0.2, -0.15) is 0 Å². The molecule has 5 heteroatoms. The molecule has 0 bridgehead atoms. The van der Waals surface area contributed by atoms with E-state index in [0.29, 0.717) is 26.0 Å². The number of hydrogen-bond donors (Lipinski definition) is 2. The van der Waals surface area contributed by atoms with Crippen LogP contribution in [-0.4, -0.2) is 23.6 Å². The van der Waals surface area contributed by atoms with E-state index >= 15 is 0 Å². The molecule has 2 unspecified atom stereocenters. The Kier molecular flexibility index (Phi) is 7.68. The average Bonchev–Trinajstić information content (AvgIpc) is 2.76. The number of ether oxygens (including phenoxy) is 1. The van der Waals surface area contributed by atoms with Crippen LogP contribution in [0.1, 0.15) is 43.2 Å². The first-order valence-corrected chi connectivity index (χ1v) is 10.4. The van der Waals surface area contributed by atoms with Crippen LogP contribution >= 0.6 is 0 Å². The van der Waals surface area contributed by atoms with Crippen LogP contribution in [0, 0.1) is 11.8 Å². The van der Waals surface area contributed by atoms with Gasteiger partial charge in [0, 0.05) is 6.54 Å². The second-order valence-electron chi connectivity index (χ2n) is 7.64. The maximum atomic E-state index is 12.5. The fourth-order valence-electron chi connectivity index (χ4n) is 3.92. The SMILES string of the molecule is O=C(O)C1CCCCC1C(=O)NCc1cccc(OCCCc2ccccc2)c1. The lowest BCUT2D eigenvalue weighted by Gasteiger charge is -2.27. The normalized spacial score (nSPS) is 18.8. The number of rotatable bonds is 9. The first kappa shape index (κ1) is 20.9. The van der Waals surface area contributed by atoms with E-state index in [0.717, 1.165) is 37.0 Å². The van der Waals surface area contributed by atoms with Gasteiger partial charge in [0.25, 0.3) is 0 Å². The Labute approximate surface area is 172 Å². The van der Waals surface area contributed by atoms with Crippen molar-refractivity contribution in [1.82, 2.24) is 5.32 Å². The Bertz CT molecular complexity index is 806. The van der Waals surface area contributed by atoms with Gasteiger partial charge >= 0.3 is 5.97 Å². The third-order valence-corrected chi connectivity index (χ3v) is 5.51. The Morgan fingerprint density at radius 3 is 2.45 bits per heavy atom. The smallest absolute Gasteiger partial charge is 0.307 e. The van der Waals surface area contributed by atoms with Crippen molar-refractivity contribution >= 4 is 11.9 Å². The van der Waals surface area contributed by atoms with Gasteiger partial charge in [-0.25, -0.2) is 0 Å². The van der Waals surface area contributed by atoms with E-state index in [4.69, 9.17) is 4.74 Å². The number of nitrogens with one attached hydrogen (secondary N) is 1. The van der Waals surface area contributed by atoms with Crippen LogP contribution in [-0.2, 0) is 22.6 Å². The number of carboxylic acid groups (broad SMARTS) is 1. The van der Waals surface area contributed by atoms with Crippen molar-refractivity contribution in [2.75, 3.05) is 6.61 Å². The molecule has 2 atom stereocenters. The standard InChI is InChI=1S/C24H29NO4/c26-23(21-13-4-5-14-22(21)24(27)28)25-17-19-10-6-12-20(16-19)29-15-7-11-18-8-2-1-3-9-18/h1-3,6,8-10,12,16,21-22H,4-5,7,11,13-15,17H2,(H,25,26)(H,27,28). The van der Waals surface area contributed by atoms with Gasteiger partial charge < -0.3 is 15.2 Å². The molecule has 0 heterocycles. The van der Waals surface area contributed by atoms with Crippen molar-refractivity contribution in [3.05, 3.63) is 65.7 Å². The second kappa shape index (κ2) is 10.6. The zero-order valence-electron chi connectivity index (χ0n) is 16.7. The Morgan fingerprint density at radius 2 is 1.69 bits per heavy atom. The van der Waals surface area contributed by atoms with Crippen molar-refractivity contribution in [2.24, 2.45) is 11.8 Å². The van der Waals surface area contributed by atoms with Crippen LogP contribution in [0.15, 0.2) is 54.6 Å². The highest BCUT2D eigenvalue weighted by Gasteiger charge is 2.35. The molecular weight excluding hydrogens is 366 g/mol. The summed E-state index contributed by atoms with van der Waals surface area (Å²) in [6.45, 7) is 1.01. The molecule has 1 saturated carbocycles. The van der Waals surface area contributed by atoms with Crippen molar-refractivity contribution in [2.45, 2.75) is 45.1 Å². The Hall–Kier alpha value is -2.82. The number of carbonyl (C=O) groups is 2. The molecule has 29 heavy (non-hydrogen) atoms. The summed E-state index contributed by atoms with van der Waals surface area (Å²) >= 11 is 0. The Balaban J connectivity index is 1.45. The Morgan fingerprint density at radius 1 is 0.966 bits per heavy atom. The fraction of sp³-hybridized carbons (Fsp3) is 0.417. The largest absolute Gasteiger partial charge is 0.494 e. The first-order valence-electron chi connectivity index (χ1n) is 10.4. The number of aryl methyl sites for hydroxylation is 1. The number of aliphatic carboxylic acids is 1. The molecule has 0 saturated heterocycles. The highest BCUT2D eigenvalue weighted by atomic mass is 16.5. The summed E-state index contributed by atoms with van der Waals surface area (Å²) in [5.41, 5.74) is 2.25. The molecule has 0 spiro atoms. The molecule has 0 aromatic heterocycles. The van der Waals surface area contributed by atoms with Gasteiger partial charge in [-0.05, 0) is 48.9 Å². The van der Waals surface area contributed by atoms with E-state index in [2.05, 4.69) is 17.4 Å². The summed E-state index contributed by atoms with van der Waals surface area (Å²) in [6.07, 6.45) is 4.93. The minimum absolute atomic E-state index is 0.161. The molecule has 1 fully saturated rings. The summed E-state index contributed by atoms with van der Waals surface area (Å²) in [5, 5.41) is 12.3. The molecule has 0 aliphatic heterocycles. The van der Waals surface area contributed by atoms with Crippen LogP contribution in [0.2, 0.25) is 0 Å². The number of benzene rings is 2. The third-order valence-electron chi connectivity index (χ3n) is 5.51. The summed E-state index contributed by atoms with van der Waals surface area (Å²) in [4.78, 5) is 23.9. The number of amides is 1. The maximum absolute atomic E-state index is 12.5. The lowest BCUT2D eigenvalue weighted by molar-refractivity contribution is -0.148. The zero-order chi connectivity index (χ0) is 20.5. The highest BCUT2D eigenvalue weighted by molar-refractivity contribution is 5.84. The quantitative estimate of drug-likeness (QED) is 0.624. The van der Waals surface area contributed by atoms with Gasteiger partial charge in [0.1, 0.15) is 5.75 Å². The summed E-state index contributed by atoms with van der Waals surface area (Å²) in [7, 11) is 0. The van der Waals surface area contributed by atoms with Crippen LogP contribution in [0.3, 0.4) is 0 Å². The minimum Gasteiger partial charge on any atom is -0.494 e. The van der Waals surface area contributed by atoms with Crippen LogP contribution in [0.4, 0.5) is 0 Å². The molecule has 2 aromatic rings. The van der Waals surface area contributed by atoms with Crippen molar-refractivity contribution < 1.29 is 19.4 Å². The summed E-state index contributed by atoms with van der Waals surface area (Å²) in [5.74, 6) is -1.24. The van der Waals surface area contributed by atoms with Gasteiger partial charge in [0.05, 0.1) is 18.4 Å². The van der Waals surface area contributed by atoms with Gasteiger partial charge in [0.2, 0.25) is 5.91 Å². The van der Waals surface area contributed by atoms with E-state index < -0.39 is 17.8 Å². The molecule has 154 valence electrons. The zero-order valence-corrected chi connectivity index (χ0v) is 16.7. The van der Waals surface area contributed by atoms with E-state index in [1.54, 1.807) is 0 Å². The van der Waals surface area contributed by atoms with Gasteiger partial charge in [-0.3, -0.25) is 9.59 Å². The number of hydrogen-bond acceptors (Lipinski definition) is 3. The number of carboxylic acids is 1. The van der Waals surface area contributed by atoms with Gasteiger partial charge in [0.15, 0.2) is 0 Å². The molecule has 3 rings (SSSR count).